The molecule has 0 saturated heterocycles. The molecule has 0 spiro atoms. The van der Waals surface area contributed by atoms with Crippen molar-refractivity contribution in [3.05, 3.63) is 82.1 Å². The molecule has 1 amide bonds. The monoisotopic (exact) mass is 407 g/mol. The predicted molar refractivity (Wildman–Crippen MR) is 101 cm³/mol. The third-order valence-electron chi connectivity index (χ3n) is 4.29. The number of alkyl halides is 3. The summed E-state index contributed by atoms with van der Waals surface area (Å²) in [6.07, 6.45) is -2.46. The number of nitrogens with one attached hydrogen (secondary N) is 1. The van der Waals surface area contributed by atoms with E-state index in [1.807, 2.05) is 6.07 Å². The van der Waals surface area contributed by atoms with Gasteiger partial charge in [-0.1, -0.05) is 29.8 Å². The van der Waals surface area contributed by atoms with E-state index in [0.717, 1.165) is 17.8 Å². The fourth-order valence-corrected chi connectivity index (χ4v) is 2.96. The standard InChI is InChI=1S/C20H17ClF3N3O/c1-13-18(12-26-27(13)17-4-2-3-16(21)11-17)19(28)25-10-9-14-5-7-15(8-6-14)20(22,23)24/h2-8,11-12H,9-10H2,1H3,(H,25,28). The maximum absolute atomic E-state index is 12.6. The second-order valence-corrected chi connectivity index (χ2v) is 6.67. The van der Waals surface area contributed by atoms with E-state index in [4.69, 9.17) is 11.6 Å². The van der Waals surface area contributed by atoms with E-state index in [0.29, 0.717) is 34.8 Å². The van der Waals surface area contributed by atoms with Crippen molar-refractivity contribution in [2.45, 2.75) is 19.5 Å². The molecule has 0 bridgehead atoms. The van der Waals surface area contributed by atoms with Gasteiger partial charge in [-0.05, 0) is 49.2 Å². The highest BCUT2D eigenvalue weighted by Crippen LogP contribution is 2.29. The lowest BCUT2D eigenvalue weighted by Gasteiger charge is -2.09. The Hall–Kier alpha value is -2.80. The summed E-state index contributed by atoms with van der Waals surface area (Å²) in [6.45, 7) is 2.07. The van der Waals surface area contributed by atoms with Gasteiger partial charge in [0.15, 0.2) is 0 Å². The fraction of sp³-hybridized carbons (Fsp3) is 0.200. The van der Waals surface area contributed by atoms with Gasteiger partial charge in [-0.25, -0.2) is 4.68 Å². The minimum Gasteiger partial charge on any atom is -0.352 e. The summed E-state index contributed by atoms with van der Waals surface area (Å²) in [5, 5.41) is 7.57. The number of aromatic nitrogens is 2. The SMILES string of the molecule is Cc1c(C(=O)NCCc2ccc(C(F)(F)F)cc2)cnn1-c1cccc(Cl)c1. The number of halogens is 4. The Morgan fingerprint density at radius 1 is 1.18 bits per heavy atom. The largest absolute Gasteiger partial charge is 0.416 e. The lowest BCUT2D eigenvalue weighted by molar-refractivity contribution is -0.137. The number of benzene rings is 2. The van der Waals surface area contributed by atoms with Crippen LogP contribution in [0.15, 0.2) is 54.7 Å². The Morgan fingerprint density at radius 2 is 1.89 bits per heavy atom. The summed E-state index contributed by atoms with van der Waals surface area (Å²) in [4.78, 5) is 12.4. The lowest BCUT2D eigenvalue weighted by atomic mass is 10.1. The third kappa shape index (κ3) is 4.54. The molecule has 0 aliphatic carbocycles. The first-order valence-electron chi connectivity index (χ1n) is 8.50. The maximum atomic E-state index is 12.6. The summed E-state index contributed by atoms with van der Waals surface area (Å²) < 4.78 is 39.4. The van der Waals surface area contributed by atoms with Gasteiger partial charge in [-0.15, -0.1) is 0 Å². The van der Waals surface area contributed by atoms with Gasteiger partial charge in [0.2, 0.25) is 0 Å². The third-order valence-corrected chi connectivity index (χ3v) is 4.52. The fourth-order valence-electron chi connectivity index (χ4n) is 2.78. The van der Waals surface area contributed by atoms with Gasteiger partial charge in [0.25, 0.3) is 5.91 Å². The van der Waals surface area contributed by atoms with E-state index in [9.17, 15) is 18.0 Å². The average Bonchev–Trinajstić information content (AvgIpc) is 3.03. The molecule has 1 aromatic heterocycles. The van der Waals surface area contributed by atoms with Crippen LogP contribution >= 0.6 is 11.6 Å². The number of hydrogen-bond acceptors (Lipinski definition) is 2. The molecule has 1 heterocycles. The molecule has 0 saturated carbocycles. The molecule has 0 atom stereocenters. The molecule has 3 rings (SSSR count). The topological polar surface area (TPSA) is 46.9 Å². The van der Waals surface area contributed by atoms with Crippen LogP contribution in [-0.2, 0) is 12.6 Å². The number of nitrogens with zero attached hydrogens (tertiary/aromatic N) is 2. The first-order chi connectivity index (χ1) is 13.3. The molecular weight excluding hydrogens is 391 g/mol. The highest BCUT2D eigenvalue weighted by atomic mass is 35.5. The van der Waals surface area contributed by atoms with Crippen LogP contribution in [-0.4, -0.2) is 22.2 Å². The van der Waals surface area contributed by atoms with Crippen LogP contribution in [0.4, 0.5) is 13.2 Å². The van der Waals surface area contributed by atoms with Crippen LogP contribution in [0.5, 0.6) is 0 Å². The zero-order valence-electron chi connectivity index (χ0n) is 14.9. The zero-order chi connectivity index (χ0) is 20.3. The molecule has 1 N–H and O–H groups in total. The van der Waals surface area contributed by atoms with E-state index in [2.05, 4.69) is 10.4 Å². The number of rotatable bonds is 5. The van der Waals surface area contributed by atoms with E-state index < -0.39 is 11.7 Å². The summed E-state index contributed by atoms with van der Waals surface area (Å²) in [6, 6.07) is 12.0. The molecule has 0 aliphatic rings. The second kappa shape index (κ2) is 8.06. The minimum atomic E-state index is -4.35. The summed E-state index contributed by atoms with van der Waals surface area (Å²) in [5.74, 6) is -0.294. The first-order valence-corrected chi connectivity index (χ1v) is 8.88. The molecule has 28 heavy (non-hydrogen) atoms. The molecule has 0 radical (unpaired) electrons. The molecule has 0 aliphatic heterocycles. The summed E-state index contributed by atoms with van der Waals surface area (Å²) in [7, 11) is 0. The average molecular weight is 408 g/mol. The van der Waals surface area contributed by atoms with Crippen molar-refractivity contribution >= 4 is 17.5 Å². The number of carbonyl (C=O) groups excluding carboxylic acids is 1. The van der Waals surface area contributed by atoms with E-state index >= 15 is 0 Å². The van der Waals surface area contributed by atoms with Crippen molar-refractivity contribution < 1.29 is 18.0 Å². The highest BCUT2D eigenvalue weighted by Gasteiger charge is 2.29. The van der Waals surface area contributed by atoms with Gasteiger partial charge in [-0.2, -0.15) is 18.3 Å². The Labute approximate surface area is 164 Å². The second-order valence-electron chi connectivity index (χ2n) is 6.24. The zero-order valence-corrected chi connectivity index (χ0v) is 15.7. The first kappa shape index (κ1) is 19.9. The quantitative estimate of drug-likeness (QED) is 0.658. The van der Waals surface area contributed by atoms with Gasteiger partial charge in [0.05, 0.1) is 28.7 Å². The Balaban J connectivity index is 1.61. The van der Waals surface area contributed by atoms with Crippen LogP contribution in [0, 0.1) is 6.92 Å². The highest BCUT2D eigenvalue weighted by molar-refractivity contribution is 6.30. The summed E-state index contributed by atoms with van der Waals surface area (Å²) >= 11 is 6.00. The minimum absolute atomic E-state index is 0.294. The van der Waals surface area contributed by atoms with Crippen LogP contribution in [0.1, 0.15) is 27.2 Å². The molecule has 8 heteroatoms. The van der Waals surface area contributed by atoms with Crippen LogP contribution in [0.25, 0.3) is 5.69 Å². The van der Waals surface area contributed by atoms with Gasteiger partial charge < -0.3 is 5.32 Å². The van der Waals surface area contributed by atoms with Gasteiger partial charge in [-0.3, -0.25) is 4.79 Å². The van der Waals surface area contributed by atoms with E-state index in [-0.39, 0.29) is 5.91 Å². The maximum Gasteiger partial charge on any atom is 0.416 e. The van der Waals surface area contributed by atoms with Crippen molar-refractivity contribution in [1.82, 2.24) is 15.1 Å². The van der Waals surface area contributed by atoms with Crippen LogP contribution < -0.4 is 5.32 Å². The van der Waals surface area contributed by atoms with Gasteiger partial charge >= 0.3 is 6.18 Å². The molecule has 3 aromatic rings. The molecule has 2 aromatic carbocycles. The van der Waals surface area contributed by atoms with Crippen molar-refractivity contribution in [3.8, 4) is 5.69 Å². The van der Waals surface area contributed by atoms with Crippen LogP contribution in [0.3, 0.4) is 0 Å². The molecule has 146 valence electrons. The Morgan fingerprint density at radius 3 is 2.54 bits per heavy atom. The Bertz CT molecular complexity index is 981. The Kier molecular flexibility index (Phi) is 5.74. The lowest BCUT2D eigenvalue weighted by Crippen LogP contribution is -2.26. The van der Waals surface area contributed by atoms with Crippen LogP contribution in [0.2, 0.25) is 5.02 Å². The van der Waals surface area contributed by atoms with Crippen molar-refractivity contribution in [3.63, 3.8) is 0 Å². The number of carbonyl (C=O) groups is 1. The smallest absolute Gasteiger partial charge is 0.352 e. The van der Waals surface area contributed by atoms with E-state index in [1.54, 1.807) is 29.8 Å². The van der Waals surface area contributed by atoms with Crippen molar-refractivity contribution in [2.75, 3.05) is 6.54 Å². The molecule has 0 fully saturated rings. The normalized spacial score (nSPS) is 11.5. The number of hydrogen-bond donors (Lipinski definition) is 1. The predicted octanol–water partition coefficient (Wildman–Crippen LogP) is 4.83. The van der Waals surface area contributed by atoms with Gasteiger partial charge in [0, 0.05) is 11.6 Å². The summed E-state index contributed by atoms with van der Waals surface area (Å²) in [5.41, 5.74) is 1.85. The molecule has 4 nitrogen and oxygen atoms in total. The molecule has 0 unspecified atom stereocenters. The van der Waals surface area contributed by atoms with Gasteiger partial charge in [0.1, 0.15) is 0 Å². The molecular formula is C20H17ClF3N3O. The van der Waals surface area contributed by atoms with Crippen molar-refractivity contribution in [1.29, 1.82) is 0 Å². The number of amides is 1. The van der Waals surface area contributed by atoms with Crippen molar-refractivity contribution in [2.24, 2.45) is 0 Å². The van der Waals surface area contributed by atoms with E-state index in [1.165, 1.54) is 18.3 Å².